The Bertz CT molecular complexity index is 954. The second kappa shape index (κ2) is 6.34. The zero-order chi connectivity index (χ0) is 17.3. The van der Waals surface area contributed by atoms with Crippen molar-refractivity contribution in [3.63, 3.8) is 0 Å². The van der Waals surface area contributed by atoms with Crippen molar-refractivity contribution in [1.29, 1.82) is 0 Å². The van der Waals surface area contributed by atoms with Crippen LogP contribution in [0.1, 0.15) is 17.4 Å². The Kier molecular flexibility index (Phi) is 4.02. The number of aromatic nitrogens is 4. The zero-order valence-electron chi connectivity index (χ0n) is 13.2. The van der Waals surface area contributed by atoms with Crippen LogP contribution in [-0.4, -0.2) is 45.9 Å². The quantitative estimate of drug-likeness (QED) is 0.681. The first kappa shape index (κ1) is 15.9. The lowest BCUT2D eigenvalue weighted by molar-refractivity contribution is 0.216. The molecular formula is C16H15N5O3S. The first-order valence-corrected chi connectivity index (χ1v) is 9.35. The fourth-order valence-electron chi connectivity index (χ4n) is 2.60. The average molecular weight is 357 g/mol. The van der Waals surface area contributed by atoms with Gasteiger partial charge in [-0.25, -0.2) is 18.4 Å². The summed E-state index contributed by atoms with van der Waals surface area (Å²) in [5.74, 6) is 0.990. The van der Waals surface area contributed by atoms with E-state index >= 15 is 0 Å². The van der Waals surface area contributed by atoms with Crippen molar-refractivity contribution in [3.05, 3.63) is 60.2 Å². The van der Waals surface area contributed by atoms with Crippen LogP contribution in [-0.2, 0) is 15.8 Å². The molecule has 0 radical (unpaired) electrons. The topological polar surface area (TPSA) is 102 Å². The number of sulfonamides is 1. The van der Waals surface area contributed by atoms with Gasteiger partial charge in [-0.15, -0.1) is 0 Å². The van der Waals surface area contributed by atoms with Crippen LogP contribution in [0, 0.1) is 0 Å². The van der Waals surface area contributed by atoms with Crippen LogP contribution in [0.5, 0.6) is 0 Å². The Morgan fingerprint density at radius 1 is 1.04 bits per heavy atom. The van der Waals surface area contributed by atoms with E-state index in [1.165, 1.54) is 4.31 Å². The third kappa shape index (κ3) is 3.28. The van der Waals surface area contributed by atoms with Crippen LogP contribution in [0.3, 0.4) is 0 Å². The molecule has 25 heavy (non-hydrogen) atoms. The summed E-state index contributed by atoms with van der Waals surface area (Å²) in [6.07, 6.45) is 3.19. The molecule has 1 aliphatic heterocycles. The molecule has 4 rings (SSSR count). The molecule has 0 N–H and O–H groups in total. The molecule has 0 spiro atoms. The van der Waals surface area contributed by atoms with E-state index in [1.807, 2.05) is 18.2 Å². The van der Waals surface area contributed by atoms with Gasteiger partial charge in [-0.2, -0.15) is 9.29 Å². The van der Waals surface area contributed by atoms with E-state index in [0.29, 0.717) is 30.6 Å². The van der Waals surface area contributed by atoms with E-state index in [2.05, 4.69) is 20.1 Å². The number of benzene rings is 1. The minimum absolute atomic E-state index is 0.00645. The normalized spacial score (nSPS) is 15.8. The predicted molar refractivity (Wildman–Crippen MR) is 88.7 cm³/mol. The Balaban J connectivity index is 1.41. The number of hydrogen-bond donors (Lipinski definition) is 0. The molecule has 0 unspecified atom stereocenters. The number of nitrogens with zero attached hydrogens (tertiary/aromatic N) is 5. The summed E-state index contributed by atoms with van der Waals surface area (Å²) in [5, 5.41) is 3.87. The Morgan fingerprint density at radius 3 is 2.48 bits per heavy atom. The highest BCUT2D eigenvalue weighted by molar-refractivity contribution is 7.88. The molecule has 0 saturated carbocycles. The Hall–Kier alpha value is -2.65. The van der Waals surface area contributed by atoms with Gasteiger partial charge < -0.3 is 4.52 Å². The Labute approximate surface area is 144 Å². The van der Waals surface area contributed by atoms with Crippen molar-refractivity contribution in [2.75, 3.05) is 13.1 Å². The lowest BCUT2D eigenvalue weighted by Crippen LogP contribution is -2.48. The van der Waals surface area contributed by atoms with Crippen molar-refractivity contribution in [3.8, 4) is 11.6 Å². The van der Waals surface area contributed by atoms with Gasteiger partial charge in [0.05, 0.1) is 11.7 Å². The van der Waals surface area contributed by atoms with Crippen LogP contribution in [0.2, 0.25) is 0 Å². The predicted octanol–water partition coefficient (Wildman–Crippen LogP) is 1.46. The van der Waals surface area contributed by atoms with Crippen LogP contribution in [0.25, 0.3) is 11.6 Å². The molecule has 1 aromatic carbocycles. The summed E-state index contributed by atoms with van der Waals surface area (Å²) in [6.45, 7) is 0.679. The van der Waals surface area contributed by atoms with Gasteiger partial charge in [-0.3, -0.25) is 0 Å². The third-order valence-electron chi connectivity index (χ3n) is 3.99. The Morgan fingerprint density at radius 2 is 1.76 bits per heavy atom. The van der Waals surface area contributed by atoms with E-state index in [4.69, 9.17) is 4.52 Å². The molecule has 2 aromatic heterocycles. The van der Waals surface area contributed by atoms with E-state index in [-0.39, 0.29) is 11.7 Å². The average Bonchev–Trinajstić information content (AvgIpc) is 3.04. The van der Waals surface area contributed by atoms with E-state index in [1.54, 1.807) is 30.6 Å². The molecule has 1 saturated heterocycles. The fraction of sp³-hybridized carbons (Fsp3) is 0.250. The van der Waals surface area contributed by atoms with Crippen molar-refractivity contribution >= 4 is 10.0 Å². The van der Waals surface area contributed by atoms with Crippen molar-refractivity contribution in [1.82, 2.24) is 24.4 Å². The molecule has 1 aliphatic rings. The highest BCUT2D eigenvalue weighted by Gasteiger charge is 2.39. The summed E-state index contributed by atoms with van der Waals surface area (Å²) in [6, 6.07) is 10.8. The van der Waals surface area contributed by atoms with Crippen LogP contribution < -0.4 is 0 Å². The van der Waals surface area contributed by atoms with Gasteiger partial charge in [0.15, 0.2) is 0 Å². The molecule has 0 bridgehead atoms. The molecule has 3 aromatic rings. The maximum Gasteiger partial charge on any atom is 0.240 e. The van der Waals surface area contributed by atoms with E-state index in [9.17, 15) is 8.42 Å². The zero-order valence-corrected chi connectivity index (χ0v) is 14.0. The van der Waals surface area contributed by atoms with Crippen molar-refractivity contribution in [2.24, 2.45) is 0 Å². The summed E-state index contributed by atoms with van der Waals surface area (Å²) in [4.78, 5) is 12.4. The molecule has 0 aliphatic carbocycles. The first-order chi connectivity index (χ1) is 12.1. The minimum Gasteiger partial charge on any atom is -0.338 e. The second-order valence-electron chi connectivity index (χ2n) is 5.78. The molecule has 128 valence electrons. The maximum absolute atomic E-state index is 12.4. The smallest absolute Gasteiger partial charge is 0.240 e. The molecule has 0 amide bonds. The van der Waals surface area contributed by atoms with Gasteiger partial charge in [-0.1, -0.05) is 35.5 Å². The van der Waals surface area contributed by atoms with Gasteiger partial charge in [0.25, 0.3) is 0 Å². The molecule has 0 atom stereocenters. The summed E-state index contributed by atoms with van der Waals surface area (Å²) in [7, 11) is -3.34. The van der Waals surface area contributed by atoms with E-state index in [0.717, 1.165) is 5.56 Å². The SMILES string of the molecule is O=S(=O)(Cc1ccccc1)N1CC(c2nc(-c3ncccn3)no2)C1. The van der Waals surface area contributed by atoms with Crippen molar-refractivity contribution < 1.29 is 12.9 Å². The standard InChI is InChI=1S/C16H15N5O3S/c22-25(23,11-12-5-2-1-3-6-12)21-9-13(10-21)16-19-15(20-24-16)14-17-7-4-8-18-14/h1-8,13H,9-11H2. The van der Waals surface area contributed by atoms with Gasteiger partial charge in [0.1, 0.15) is 0 Å². The minimum atomic E-state index is -3.34. The summed E-state index contributed by atoms with van der Waals surface area (Å²) in [5.41, 5.74) is 0.771. The van der Waals surface area contributed by atoms with E-state index < -0.39 is 10.0 Å². The first-order valence-electron chi connectivity index (χ1n) is 7.74. The largest absolute Gasteiger partial charge is 0.338 e. The van der Waals surface area contributed by atoms with Gasteiger partial charge in [0.2, 0.25) is 27.6 Å². The molecule has 9 heteroatoms. The molecule has 1 fully saturated rings. The van der Waals surface area contributed by atoms with Gasteiger partial charge >= 0.3 is 0 Å². The van der Waals surface area contributed by atoms with Crippen LogP contribution in [0.4, 0.5) is 0 Å². The summed E-state index contributed by atoms with van der Waals surface area (Å²) >= 11 is 0. The van der Waals surface area contributed by atoms with Crippen LogP contribution in [0.15, 0.2) is 53.3 Å². The number of rotatable bonds is 5. The molecular weight excluding hydrogens is 342 g/mol. The third-order valence-corrected chi connectivity index (χ3v) is 5.77. The van der Waals surface area contributed by atoms with Gasteiger partial charge in [0, 0.05) is 25.5 Å². The molecule has 8 nitrogen and oxygen atoms in total. The lowest BCUT2D eigenvalue weighted by Gasteiger charge is -2.35. The highest BCUT2D eigenvalue weighted by Crippen LogP contribution is 2.30. The molecule has 3 heterocycles. The van der Waals surface area contributed by atoms with Crippen LogP contribution >= 0.6 is 0 Å². The second-order valence-corrected chi connectivity index (χ2v) is 7.75. The summed E-state index contributed by atoms with van der Waals surface area (Å²) < 4.78 is 31.5. The lowest BCUT2D eigenvalue weighted by atomic mass is 10.0. The fourth-order valence-corrected chi connectivity index (χ4v) is 4.21. The monoisotopic (exact) mass is 357 g/mol. The van der Waals surface area contributed by atoms with Crippen molar-refractivity contribution in [2.45, 2.75) is 11.7 Å². The van der Waals surface area contributed by atoms with Gasteiger partial charge in [-0.05, 0) is 11.6 Å². The maximum atomic E-state index is 12.4. The number of hydrogen-bond acceptors (Lipinski definition) is 7. The highest BCUT2D eigenvalue weighted by atomic mass is 32.2.